The molecule has 0 heterocycles. The van der Waals surface area contributed by atoms with Gasteiger partial charge < -0.3 is 0 Å². The highest BCUT2D eigenvalue weighted by atomic mass is 19.4. The van der Waals surface area contributed by atoms with E-state index in [4.69, 9.17) is 0 Å². The molecule has 0 radical (unpaired) electrons. The zero-order valence-electron chi connectivity index (χ0n) is 8.69. The summed E-state index contributed by atoms with van der Waals surface area (Å²) in [5.74, 6) is -19.9. The van der Waals surface area contributed by atoms with E-state index in [0.29, 0.717) is 0 Å². The fourth-order valence-electron chi connectivity index (χ4n) is 1.05. The third-order valence-corrected chi connectivity index (χ3v) is 1.87. The number of halogens is 9. The first-order valence-electron chi connectivity index (χ1n) is 4.37. The van der Waals surface area contributed by atoms with Crippen LogP contribution in [0.15, 0.2) is 0 Å². The Bertz CT molecular complexity index is 263. The lowest BCUT2D eigenvalue weighted by molar-refractivity contribution is -0.397. The molecule has 0 unspecified atom stereocenters. The van der Waals surface area contributed by atoms with E-state index in [1.807, 2.05) is 0 Å². The summed E-state index contributed by atoms with van der Waals surface area (Å²) in [6.45, 7) is 1.99. The van der Waals surface area contributed by atoms with Crippen LogP contribution in [0.4, 0.5) is 39.5 Å². The van der Waals surface area contributed by atoms with Crippen LogP contribution >= 0.6 is 0 Å². The maximum Gasteiger partial charge on any atom is 0.460 e. The van der Waals surface area contributed by atoms with Crippen LogP contribution in [0.5, 0.6) is 0 Å². The lowest BCUT2D eigenvalue weighted by Crippen LogP contribution is -2.61. The first-order valence-corrected chi connectivity index (χ1v) is 4.37. The van der Waals surface area contributed by atoms with Gasteiger partial charge in [0.2, 0.25) is 0 Å². The molecule has 0 aliphatic carbocycles. The molecule has 0 fully saturated rings. The van der Waals surface area contributed by atoms with E-state index < -0.39 is 36.3 Å². The highest BCUT2D eigenvalue weighted by molar-refractivity contribution is 5.00. The predicted molar refractivity (Wildman–Crippen MR) is 40.4 cm³/mol. The van der Waals surface area contributed by atoms with Gasteiger partial charge in [0.1, 0.15) is 0 Å². The molecule has 0 aliphatic heterocycles. The lowest BCUT2D eigenvalue weighted by atomic mass is 9.95. The SMILES string of the molecule is CC(C)CC(F)(F)C(F)(F)C(F)(F)C(F)(F)F. The molecule has 0 saturated heterocycles. The highest BCUT2D eigenvalue weighted by Gasteiger charge is 2.81. The minimum Gasteiger partial charge on any atom is -0.200 e. The Morgan fingerprint density at radius 2 is 1.06 bits per heavy atom. The monoisotopic (exact) mass is 276 g/mol. The predicted octanol–water partition coefficient (Wildman–Crippen LogP) is 4.50. The van der Waals surface area contributed by atoms with Gasteiger partial charge in [0.25, 0.3) is 0 Å². The third-order valence-electron chi connectivity index (χ3n) is 1.87. The van der Waals surface area contributed by atoms with Crippen molar-refractivity contribution in [3.63, 3.8) is 0 Å². The van der Waals surface area contributed by atoms with Gasteiger partial charge in [0, 0.05) is 6.42 Å². The minimum absolute atomic E-state index is 0.996. The van der Waals surface area contributed by atoms with Gasteiger partial charge in [-0.3, -0.25) is 0 Å². The molecule has 0 aromatic carbocycles. The van der Waals surface area contributed by atoms with Crippen LogP contribution < -0.4 is 0 Å². The standard InChI is InChI=1S/C8H9F9/c1-4(2)3-5(9,10)6(11,12)7(13,14)8(15,16)17/h4H,3H2,1-2H3. The van der Waals surface area contributed by atoms with Crippen molar-refractivity contribution < 1.29 is 39.5 Å². The fraction of sp³-hybridized carbons (Fsp3) is 1.00. The van der Waals surface area contributed by atoms with Crippen LogP contribution in [0.2, 0.25) is 0 Å². The van der Waals surface area contributed by atoms with E-state index in [1.165, 1.54) is 0 Å². The summed E-state index contributed by atoms with van der Waals surface area (Å²) in [6.07, 6.45) is -8.51. The van der Waals surface area contributed by atoms with Gasteiger partial charge in [-0.1, -0.05) is 13.8 Å². The molecule has 0 saturated carbocycles. The van der Waals surface area contributed by atoms with Crippen molar-refractivity contribution in [3.8, 4) is 0 Å². The van der Waals surface area contributed by atoms with E-state index in [9.17, 15) is 39.5 Å². The summed E-state index contributed by atoms with van der Waals surface area (Å²) in [6, 6.07) is 0. The molecule has 0 nitrogen and oxygen atoms in total. The second kappa shape index (κ2) is 4.24. The first kappa shape index (κ1) is 16.4. The van der Waals surface area contributed by atoms with Crippen molar-refractivity contribution in [1.82, 2.24) is 0 Å². The van der Waals surface area contributed by atoms with Gasteiger partial charge in [-0.15, -0.1) is 0 Å². The van der Waals surface area contributed by atoms with Crippen LogP contribution in [0.3, 0.4) is 0 Å². The van der Waals surface area contributed by atoms with Crippen LogP contribution in [-0.4, -0.2) is 23.9 Å². The van der Waals surface area contributed by atoms with Crippen molar-refractivity contribution in [2.75, 3.05) is 0 Å². The average Bonchev–Trinajstić information content (AvgIpc) is 1.98. The van der Waals surface area contributed by atoms with Gasteiger partial charge in [-0.25, -0.2) is 0 Å². The van der Waals surface area contributed by atoms with Gasteiger partial charge in [0.15, 0.2) is 0 Å². The second-order valence-electron chi connectivity index (χ2n) is 3.95. The van der Waals surface area contributed by atoms with Crippen molar-refractivity contribution in [2.45, 2.75) is 44.2 Å². The summed E-state index contributed by atoms with van der Waals surface area (Å²) in [4.78, 5) is 0. The Balaban J connectivity index is 5.39. The molecule has 0 spiro atoms. The van der Waals surface area contributed by atoms with Crippen LogP contribution in [0.1, 0.15) is 20.3 Å². The highest BCUT2D eigenvalue weighted by Crippen LogP contribution is 2.54. The van der Waals surface area contributed by atoms with E-state index in [1.54, 1.807) is 0 Å². The molecule has 0 atom stereocenters. The number of hydrogen-bond acceptors (Lipinski definition) is 0. The Hall–Kier alpha value is -0.630. The van der Waals surface area contributed by atoms with Gasteiger partial charge in [-0.2, -0.15) is 39.5 Å². The summed E-state index contributed by atoms with van der Waals surface area (Å²) >= 11 is 0. The molecule has 0 amide bonds. The minimum atomic E-state index is -6.78. The molecule has 0 aromatic rings. The summed E-state index contributed by atoms with van der Waals surface area (Å²) in [5, 5.41) is 0. The quantitative estimate of drug-likeness (QED) is 0.663. The van der Waals surface area contributed by atoms with E-state index >= 15 is 0 Å². The van der Waals surface area contributed by atoms with Gasteiger partial charge in [-0.05, 0) is 5.92 Å². The van der Waals surface area contributed by atoms with Gasteiger partial charge >= 0.3 is 23.9 Å². The van der Waals surface area contributed by atoms with E-state index in [2.05, 4.69) is 0 Å². The first-order chi connectivity index (χ1) is 7.17. The third kappa shape index (κ3) is 2.79. The topological polar surface area (TPSA) is 0 Å². The molecule has 0 bridgehead atoms. The molecule has 0 aliphatic rings. The molecule has 9 heteroatoms. The largest absolute Gasteiger partial charge is 0.460 e. The zero-order valence-corrected chi connectivity index (χ0v) is 8.69. The zero-order chi connectivity index (χ0) is 14.3. The smallest absolute Gasteiger partial charge is 0.200 e. The average molecular weight is 276 g/mol. The maximum atomic E-state index is 12.7. The second-order valence-corrected chi connectivity index (χ2v) is 3.95. The molecule has 17 heavy (non-hydrogen) atoms. The Morgan fingerprint density at radius 1 is 0.706 bits per heavy atom. The van der Waals surface area contributed by atoms with Crippen molar-refractivity contribution in [1.29, 1.82) is 0 Å². The molecular weight excluding hydrogens is 267 g/mol. The van der Waals surface area contributed by atoms with Gasteiger partial charge in [0.05, 0.1) is 0 Å². The Kier molecular flexibility index (Phi) is 4.08. The van der Waals surface area contributed by atoms with Crippen LogP contribution in [0, 0.1) is 5.92 Å². The summed E-state index contributed by atoms with van der Waals surface area (Å²) in [5.41, 5.74) is 0. The molecule has 104 valence electrons. The van der Waals surface area contributed by atoms with Crippen molar-refractivity contribution >= 4 is 0 Å². The number of rotatable bonds is 4. The molecule has 0 rings (SSSR count). The molecule has 0 aromatic heterocycles. The summed E-state index contributed by atoms with van der Waals surface area (Å²) in [7, 11) is 0. The molecular formula is C8H9F9. The summed E-state index contributed by atoms with van der Waals surface area (Å²) < 4.78 is 110. The van der Waals surface area contributed by atoms with Crippen molar-refractivity contribution in [3.05, 3.63) is 0 Å². The van der Waals surface area contributed by atoms with Crippen LogP contribution in [-0.2, 0) is 0 Å². The Morgan fingerprint density at radius 3 is 1.29 bits per heavy atom. The number of hydrogen-bond donors (Lipinski definition) is 0. The normalized spacial score (nSPS) is 15.5. The maximum absolute atomic E-state index is 12.7. The van der Waals surface area contributed by atoms with E-state index in [0.717, 1.165) is 13.8 Å². The Labute approximate surface area is 90.8 Å². The van der Waals surface area contributed by atoms with E-state index in [-0.39, 0.29) is 0 Å². The molecule has 0 N–H and O–H groups in total. The van der Waals surface area contributed by atoms with Crippen LogP contribution in [0.25, 0.3) is 0 Å². The lowest BCUT2D eigenvalue weighted by Gasteiger charge is -2.34. The fourth-order valence-corrected chi connectivity index (χ4v) is 1.05. The van der Waals surface area contributed by atoms with Crippen molar-refractivity contribution in [2.24, 2.45) is 5.92 Å². The number of alkyl halides is 9.